The zero-order chi connectivity index (χ0) is 16.3. The molecule has 0 spiro atoms. The van der Waals surface area contributed by atoms with Gasteiger partial charge in [-0.2, -0.15) is 5.10 Å². The van der Waals surface area contributed by atoms with Crippen LogP contribution in [0, 0.1) is 0 Å². The first-order valence-electron chi connectivity index (χ1n) is 7.22. The van der Waals surface area contributed by atoms with Gasteiger partial charge in [0.05, 0.1) is 19.3 Å². The Labute approximate surface area is 129 Å². The van der Waals surface area contributed by atoms with Gasteiger partial charge in [-0.3, -0.25) is 4.90 Å². The molecular formula is C15H21N3O4. The van der Waals surface area contributed by atoms with Gasteiger partial charge in [0.25, 0.3) is 0 Å². The number of aromatic nitrogens is 2. The first-order valence-corrected chi connectivity index (χ1v) is 7.22. The number of esters is 1. The van der Waals surface area contributed by atoms with Gasteiger partial charge in [0.15, 0.2) is 5.82 Å². The summed E-state index contributed by atoms with van der Waals surface area (Å²) in [5, 5.41) is 4.16. The summed E-state index contributed by atoms with van der Waals surface area (Å²) in [6, 6.07) is 0. The summed E-state index contributed by atoms with van der Waals surface area (Å²) in [5.41, 5.74) is -0.362. The van der Waals surface area contributed by atoms with Crippen molar-refractivity contribution < 1.29 is 19.1 Å². The molecule has 1 aliphatic rings. The number of fused-ring (bicyclic) bond motifs is 1. The standard InChI is InChI=1S/C15H21N3O4/c1-5-21-13(19)11-10-16-18-9-7-6-8-17(12(11)18)14(20)22-15(2,3)4/h6-7,10H,5,8-9H2,1-4H3. The second-order valence-electron chi connectivity index (χ2n) is 5.85. The molecule has 0 bridgehead atoms. The van der Waals surface area contributed by atoms with Crippen LogP contribution in [0.4, 0.5) is 10.6 Å². The van der Waals surface area contributed by atoms with Crippen molar-refractivity contribution in [3.8, 4) is 0 Å². The summed E-state index contributed by atoms with van der Waals surface area (Å²) < 4.78 is 12.0. The molecule has 2 heterocycles. The van der Waals surface area contributed by atoms with Gasteiger partial charge in [-0.1, -0.05) is 12.2 Å². The van der Waals surface area contributed by atoms with Crippen LogP contribution in [0.5, 0.6) is 0 Å². The Kier molecular flexibility index (Phi) is 4.54. The number of allylic oxidation sites excluding steroid dienone is 1. The average molecular weight is 307 g/mol. The maximum absolute atomic E-state index is 12.4. The molecule has 0 saturated carbocycles. The van der Waals surface area contributed by atoms with Gasteiger partial charge in [-0.25, -0.2) is 14.3 Å². The summed E-state index contributed by atoms with van der Waals surface area (Å²) in [7, 11) is 0. The van der Waals surface area contributed by atoms with E-state index >= 15 is 0 Å². The van der Waals surface area contributed by atoms with Crippen LogP contribution in [-0.2, 0) is 16.0 Å². The summed E-state index contributed by atoms with van der Waals surface area (Å²) in [4.78, 5) is 25.9. The third-order valence-electron chi connectivity index (χ3n) is 2.91. The van der Waals surface area contributed by atoms with E-state index in [0.29, 0.717) is 18.9 Å². The number of rotatable bonds is 2. The van der Waals surface area contributed by atoms with Gasteiger partial charge in [0.1, 0.15) is 11.2 Å². The molecule has 1 amide bonds. The van der Waals surface area contributed by atoms with E-state index < -0.39 is 17.7 Å². The highest BCUT2D eigenvalue weighted by Crippen LogP contribution is 2.25. The van der Waals surface area contributed by atoms with Gasteiger partial charge in [0.2, 0.25) is 0 Å². The molecule has 7 heteroatoms. The van der Waals surface area contributed by atoms with Gasteiger partial charge in [-0.15, -0.1) is 0 Å². The molecule has 7 nitrogen and oxygen atoms in total. The van der Waals surface area contributed by atoms with Crippen molar-refractivity contribution >= 4 is 17.9 Å². The number of anilines is 1. The number of nitrogens with zero attached hydrogens (tertiary/aromatic N) is 3. The molecule has 1 aromatic heterocycles. The van der Waals surface area contributed by atoms with Crippen molar-refractivity contribution in [2.24, 2.45) is 0 Å². The predicted molar refractivity (Wildman–Crippen MR) is 80.9 cm³/mol. The van der Waals surface area contributed by atoms with Gasteiger partial charge >= 0.3 is 12.1 Å². The van der Waals surface area contributed by atoms with E-state index in [-0.39, 0.29) is 12.2 Å². The first-order chi connectivity index (χ1) is 10.3. The number of hydrogen-bond acceptors (Lipinski definition) is 5. The molecule has 0 aromatic carbocycles. The highest BCUT2D eigenvalue weighted by Gasteiger charge is 2.30. The summed E-state index contributed by atoms with van der Waals surface area (Å²) in [5.74, 6) is -0.100. The lowest BCUT2D eigenvalue weighted by Gasteiger charge is -2.26. The number of hydrogen-bond donors (Lipinski definition) is 0. The quantitative estimate of drug-likeness (QED) is 0.619. The molecule has 0 N–H and O–H groups in total. The van der Waals surface area contributed by atoms with Crippen LogP contribution in [0.15, 0.2) is 18.3 Å². The van der Waals surface area contributed by atoms with Gasteiger partial charge in [-0.05, 0) is 27.7 Å². The highest BCUT2D eigenvalue weighted by atomic mass is 16.6. The fourth-order valence-corrected chi connectivity index (χ4v) is 2.07. The van der Waals surface area contributed by atoms with E-state index in [9.17, 15) is 9.59 Å². The second kappa shape index (κ2) is 6.21. The Bertz CT molecular complexity index is 598. The SMILES string of the molecule is CCOC(=O)c1cnn2c1N(C(=O)OC(C)(C)C)CC=CC2. The lowest BCUT2D eigenvalue weighted by atomic mass is 10.2. The van der Waals surface area contributed by atoms with Crippen LogP contribution in [0.1, 0.15) is 38.1 Å². The summed E-state index contributed by atoms with van der Waals surface area (Å²) in [6.07, 6.45) is 4.62. The molecule has 120 valence electrons. The smallest absolute Gasteiger partial charge is 0.416 e. The van der Waals surface area contributed by atoms with Crippen LogP contribution in [-0.4, -0.2) is 40.6 Å². The number of carbonyl (C=O) groups is 2. The van der Waals surface area contributed by atoms with Crippen LogP contribution < -0.4 is 4.90 Å². The topological polar surface area (TPSA) is 73.7 Å². The van der Waals surface area contributed by atoms with E-state index in [1.807, 2.05) is 12.2 Å². The van der Waals surface area contributed by atoms with Crippen molar-refractivity contribution in [2.75, 3.05) is 18.1 Å². The zero-order valence-corrected chi connectivity index (χ0v) is 13.3. The third-order valence-corrected chi connectivity index (χ3v) is 2.91. The Morgan fingerprint density at radius 2 is 1.95 bits per heavy atom. The summed E-state index contributed by atoms with van der Waals surface area (Å²) >= 11 is 0. The van der Waals surface area contributed by atoms with Crippen molar-refractivity contribution in [1.29, 1.82) is 0 Å². The average Bonchev–Trinajstić information content (AvgIpc) is 2.70. The Hall–Kier alpha value is -2.31. The Morgan fingerprint density at radius 3 is 2.59 bits per heavy atom. The third kappa shape index (κ3) is 3.47. The number of carbonyl (C=O) groups excluding carboxylic acids is 2. The lowest BCUT2D eigenvalue weighted by Crippen LogP contribution is -2.38. The minimum Gasteiger partial charge on any atom is -0.462 e. The lowest BCUT2D eigenvalue weighted by molar-refractivity contribution is 0.0526. The van der Waals surface area contributed by atoms with Crippen LogP contribution >= 0.6 is 0 Å². The molecule has 0 unspecified atom stereocenters. The predicted octanol–water partition coefficient (Wildman–Crippen LogP) is 2.37. The normalized spacial score (nSPS) is 14.3. The molecule has 0 aliphatic carbocycles. The molecule has 2 rings (SSSR count). The van der Waals surface area contributed by atoms with E-state index in [4.69, 9.17) is 9.47 Å². The monoisotopic (exact) mass is 307 g/mol. The fraction of sp³-hybridized carbons (Fsp3) is 0.533. The number of ether oxygens (including phenoxy) is 2. The Morgan fingerprint density at radius 1 is 1.27 bits per heavy atom. The first kappa shape index (κ1) is 16.1. The van der Waals surface area contributed by atoms with E-state index in [1.54, 1.807) is 32.4 Å². The minimum atomic E-state index is -0.623. The molecule has 1 aliphatic heterocycles. The largest absolute Gasteiger partial charge is 0.462 e. The van der Waals surface area contributed by atoms with Crippen molar-refractivity contribution in [2.45, 2.75) is 39.8 Å². The van der Waals surface area contributed by atoms with Crippen LogP contribution in [0.2, 0.25) is 0 Å². The van der Waals surface area contributed by atoms with Crippen molar-refractivity contribution in [3.63, 3.8) is 0 Å². The van der Waals surface area contributed by atoms with E-state index in [1.165, 1.54) is 11.1 Å². The van der Waals surface area contributed by atoms with E-state index in [0.717, 1.165) is 0 Å². The Balaban J connectivity index is 2.38. The molecule has 0 saturated heterocycles. The molecular weight excluding hydrogens is 286 g/mol. The minimum absolute atomic E-state index is 0.258. The maximum Gasteiger partial charge on any atom is 0.416 e. The molecule has 22 heavy (non-hydrogen) atoms. The second-order valence-corrected chi connectivity index (χ2v) is 5.85. The highest BCUT2D eigenvalue weighted by molar-refractivity contribution is 5.99. The maximum atomic E-state index is 12.4. The summed E-state index contributed by atoms with van der Waals surface area (Å²) in [6.45, 7) is 8.16. The van der Waals surface area contributed by atoms with E-state index in [2.05, 4.69) is 5.10 Å². The van der Waals surface area contributed by atoms with Crippen LogP contribution in [0.25, 0.3) is 0 Å². The zero-order valence-electron chi connectivity index (χ0n) is 13.3. The molecule has 1 aromatic rings. The molecule has 0 atom stereocenters. The van der Waals surface area contributed by atoms with Gasteiger partial charge < -0.3 is 9.47 Å². The van der Waals surface area contributed by atoms with Crippen molar-refractivity contribution in [3.05, 3.63) is 23.9 Å². The van der Waals surface area contributed by atoms with Gasteiger partial charge in [0, 0.05) is 6.54 Å². The van der Waals surface area contributed by atoms with Crippen LogP contribution in [0.3, 0.4) is 0 Å². The van der Waals surface area contributed by atoms with Crippen molar-refractivity contribution in [1.82, 2.24) is 9.78 Å². The molecule has 0 radical (unpaired) electrons. The molecule has 0 fully saturated rings. The number of amides is 1. The fourth-order valence-electron chi connectivity index (χ4n) is 2.07.